The first-order chi connectivity index (χ1) is 10.8. The summed E-state index contributed by atoms with van der Waals surface area (Å²) in [6, 6.07) is 4.59. The lowest BCUT2D eigenvalue weighted by atomic mass is 10.1. The van der Waals surface area contributed by atoms with Crippen molar-refractivity contribution in [2.75, 3.05) is 6.61 Å². The van der Waals surface area contributed by atoms with Crippen LogP contribution < -0.4 is 0 Å². The topological polar surface area (TPSA) is 69.9 Å². The molecule has 23 heavy (non-hydrogen) atoms. The van der Waals surface area contributed by atoms with Gasteiger partial charge in [0, 0.05) is 5.56 Å². The summed E-state index contributed by atoms with van der Waals surface area (Å²) in [7, 11) is 0. The summed E-state index contributed by atoms with van der Waals surface area (Å²) in [6.07, 6.45) is -4.45. The van der Waals surface area contributed by atoms with E-state index in [1.54, 1.807) is 6.92 Å². The van der Waals surface area contributed by atoms with Gasteiger partial charge in [-0.05, 0) is 24.3 Å². The number of benzene rings is 1. The molecule has 0 aliphatic rings. The lowest BCUT2D eigenvalue weighted by Crippen LogP contribution is -2.14. The lowest BCUT2D eigenvalue weighted by molar-refractivity contribution is -0.139. The average Bonchev–Trinajstić information content (AvgIpc) is 2.95. The van der Waals surface area contributed by atoms with Gasteiger partial charge in [-0.2, -0.15) is 18.0 Å². The van der Waals surface area contributed by atoms with Gasteiger partial charge in [-0.15, -0.1) is 10.2 Å². The molecule has 0 atom stereocenters. The van der Waals surface area contributed by atoms with E-state index in [1.807, 2.05) is 0 Å². The van der Waals surface area contributed by atoms with Gasteiger partial charge in [0.05, 0.1) is 24.3 Å². The lowest BCUT2D eigenvalue weighted by Gasteiger charge is -2.06. The summed E-state index contributed by atoms with van der Waals surface area (Å²) in [6.45, 7) is 5.34. The molecule has 0 aliphatic carbocycles. The van der Waals surface area contributed by atoms with E-state index < -0.39 is 17.7 Å². The highest BCUT2D eigenvalue weighted by Gasteiger charge is 2.30. The predicted molar refractivity (Wildman–Crippen MR) is 74.0 cm³/mol. The van der Waals surface area contributed by atoms with Crippen LogP contribution in [0, 0.1) is 0 Å². The van der Waals surface area contributed by atoms with Crippen molar-refractivity contribution in [1.29, 1.82) is 0 Å². The second-order valence-corrected chi connectivity index (χ2v) is 4.55. The van der Waals surface area contributed by atoms with Crippen LogP contribution in [-0.4, -0.2) is 32.8 Å². The molecule has 0 saturated heterocycles. The molecule has 0 unspecified atom stereocenters. The minimum Gasteiger partial charge on any atom is -0.463 e. The van der Waals surface area contributed by atoms with Crippen LogP contribution in [0.5, 0.6) is 0 Å². The third-order valence-electron chi connectivity index (χ3n) is 2.80. The molecule has 0 saturated carbocycles. The van der Waals surface area contributed by atoms with Crippen LogP contribution in [0.1, 0.15) is 12.5 Å². The maximum Gasteiger partial charge on any atom is 0.416 e. The number of carbonyl (C=O) groups excluding carboxylic acids is 1. The molecular weight excluding hydrogens is 313 g/mol. The van der Waals surface area contributed by atoms with Crippen LogP contribution >= 0.6 is 0 Å². The average molecular weight is 326 g/mol. The van der Waals surface area contributed by atoms with Crippen molar-refractivity contribution in [1.82, 2.24) is 20.2 Å². The summed E-state index contributed by atoms with van der Waals surface area (Å²) in [5, 5.41) is 11.3. The summed E-state index contributed by atoms with van der Waals surface area (Å²) in [5.41, 5.74) is -0.519. The van der Waals surface area contributed by atoms with E-state index in [0.717, 1.165) is 16.9 Å². The van der Waals surface area contributed by atoms with Crippen LogP contribution in [0.3, 0.4) is 0 Å². The molecule has 0 N–H and O–H groups in total. The molecule has 0 amide bonds. The van der Waals surface area contributed by atoms with Crippen molar-refractivity contribution in [3.63, 3.8) is 0 Å². The number of hydrogen-bond acceptors (Lipinski definition) is 5. The Labute approximate surface area is 129 Å². The number of alkyl halides is 3. The maximum absolute atomic E-state index is 12.7. The molecule has 1 aromatic heterocycles. The van der Waals surface area contributed by atoms with Crippen molar-refractivity contribution in [3.8, 4) is 11.4 Å². The third kappa shape index (κ3) is 4.15. The van der Waals surface area contributed by atoms with E-state index in [4.69, 9.17) is 4.74 Å². The number of hydrogen-bond donors (Lipinski definition) is 0. The van der Waals surface area contributed by atoms with Crippen molar-refractivity contribution < 1.29 is 22.7 Å². The van der Waals surface area contributed by atoms with E-state index in [0.29, 0.717) is 0 Å². The monoisotopic (exact) mass is 326 g/mol. The highest BCUT2D eigenvalue weighted by Crippen LogP contribution is 2.31. The van der Waals surface area contributed by atoms with Crippen LogP contribution in [-0.2, 0) is 22.3 Å². The molecule has 0 bridgehead atoms. The molecule has 122 valence electrons. The molecule has 1 heterocycles. The van der Waals surface area contributed by atoms with E-state index in [-0.39, 0.29) is 30.1 Å². The van der Waals surface area contributed by atoms with E-state index in [2.05, 4.69) is 22.0 Å². The molecule has 0 aliphatic heterocycles. The summed E-state index contributed by atoms with van der Waals surface area (Å²) < 4.78 is 42.9. The molecule has 6 nitrogen and oxygen atoms in total. The smallest absolute Gasteiger partial charge is 0.416 e. The van der Waals surface area contributed by atoms with Gasteiger partial charge in [0.1, 0.15) is 0 Å². The zero-order valence-electron chi connectivity index (χ0n) is 12.2. The summed E-state index contributed by atoms with van der Waals surface area (Å²) in [5.74, 6) is -0.571. The van der Waals surface area contributed by atoms with Gasteiger partial charge in [0.25, 0.3) is 0 Å². The van der Waals surface area contributed by atoms with Gasteiger partial charge in [0.15, 0.2) is 0 Å². The Bertz CT molecular complexity index is 725. The molecule has 0 spiro atoms. The Morgan fingerprint density at radius 3 is 2.78 bits per heavy atom. The summed E-state index contributed by atoms with van der Waals surface area (Å²) in [4.78, 5) is 12.5. The maximum atomic E-state index is 12.7. The highest BCUT2D eigenvalue weighted by molar-refractivity contribution is 5.87. The first kappa shape index (κ1) is 16.7. The van der Waals surface area contributed by atoms with Crippen LogP contribution in [0.25, 0.3) is 11.4 Å². The molecule has 2 aromatic rings. The fourth-order valence-corrected chi connectivity index (χ4v) is 1.73. The minimum atomic E-state index is -4.45. The van der Waals surface area contributed by atoms with Crippen molar-refractivity contribution in [2.45, 2.75) is 19.6 Å². The number of rotatable bonds is 5. The van der Waals surface area contributed by atoms with Gasteiger partial charge < -0.3 is 4.74 Å². The Balaban J connectivity index is 2.17. The zero-order chi connectivity index (χ0) is 17.0. The highest BCUT2D eigenvalue weighted by atomic mass is 19.4. The summed E-state index contributed by atoms with van der Waals surface area (Å²) >= 11 is 0. The zero-order valence-corrected chi connectivity index (χ0v) is 12.2. The van der Waals surface area contributed by atoms with Crippen molar-refractivity contribution >= 4 is 5.97 Å². The molecule has 0 fully saturated rings. The third-order valence-corrected chi connectivity index (χ3v) is 2.80. The van der Waals surface area contributed by atoms with Crippen LogP contribution in [0.2, 0.25) is 0 Å². The van der Waals surface area contributed by atoms with Gasteiger partial charge in [-0.1, -0.05) is 18.7 Å². The fraction of sp³-hybridized carbons (Fsp3) is 0.286. The number of carbonyl (C=O) groups is 1. The van der Waals surface area contributed by atoms with Gasteiger partial charge >= 0.3 is 12.1 Å². The Morgan fingerprint density at radius 2 is 2.13 bits per heavy atom. The molecule has 1 aromatic carbocycles. The first-order valence-corrected chi connectivity index (χ1v) is 6.61. The SMILES string of the molecule is C=C(Cn1nnc(-c2cccc(C(F)(F)F)c2)n1)C(=O)OCC. The normalized spacial score (nSPS) is 11.3. The number of halogens is 3. The predicted octanol–water partition coefficient (Wildman–Crippen LogP) is 2.48. The van der Waals surface area contributed by atoms with E-state index >= 15 is 0 Å². The van der Waals surface area contributed by atoms with E-state index in [9.17, 15) is 18.0 Å². The van der Waals surface area contributed by atoms with Crippen molar-refractivity contribution in [2.24, 2.45) is 0 Å². The van der Waals surface area contributed by atoms with Gasteiger partial charge in [-0.3, -0.25) is 0 Å². The fourth-order valence-electron chi connectivity index (χ4n) is 1.73. The number of nitrogens with zero attached hydrogens (tertiary/aromatic N) is 4. The number of ether oxygens (including phenoxy) is 1. The molecule has 0 radical (unpaired) electrons. The first-order valence-electron chi connectivity index (χ1n) is 6.61. The number of esters is 1. The number of aromatic nitrogens is 4. The van der Waals surface area contributed by atoms with Gasteiger partial charge in [0.2, 0.25) is 5.82 Å². The quantitative estimate of drug-likeness (QED) is 0.623. The van der Waals surface area contributed by atoms with Crippen molar-refractivity contribution in [3.05, 3.63) is 42.0 Å². The minimum absolute atomic E-state index is 0.0211. The van der Waals surface area contributed by atoms with E-state index in [1.165, 1.54) is 12.1 Å². The second kappa shape index (κ2) is 6.59. The number of tetrazole rings is 1. The standard InChI is InChI=1S/C14H13F3N4O2/c1-3-23-13(22)9(2)8-21-19-12(18-20-21)10-5-4-6-11(7-10)14(15,16)17/h4-7H,2-3,8H2,1H3. The Kier molecular flexibility index (Phi) is 4.77. The van der Waals surface area contributed by atoms with Crippen LogP contribution in [0.15, 0.2) is 36.4 Å². The Hall–Kier alpha value is -2.71. The molecule has 2 rings (SSSR count). The largest absolute Gasteiger partial charge is 0.463 e. The van der Waals surface area contributed by atoms with Gasteiger partial charge in [-0.25, -0.2) is 4.79 Å². The Morgan fingerprint density at radius 1 is 1.39 bits per heavy atom. The second-order valence-electron chi connectivity index (χ2n) is 4.55. The van der Waals surface area contributed by atoms with Crippen LogP contribution in [0.4, 0.5) is 13.2 Å². The molecule has 9 heteroatoms. The molecular formula is C14H13F3N4O2.